The Hall–Kier alpha value is -0.570. The molecule has 0 atom stereocenters. The lowest BCUT2D eigenvalue weighted by Crippen LogP contribution is -2.43. The Kier molecular flexibility index (Phi) is 6.85. The molecule has 0 radical (unpaired) electrons. The highest BCUT2D eigenvalue weighted by Gasteiger charge is 2.28. The number of piperidine rings is 1. The van der Waals surface area contributed by atoms with E-state index in [-0.39, 0.29) is 0 Å². The van der Waals surface area contributed by atoms with Crippen LogP contribution in [-0.4, -0.2) is 48.4 Å². The maximum atomic E-state index is 12.6. The molecular weight excluding hydrogens is 248 g/mol. The van der Waals surface area contributed by atoms with Crippen LogP contribution >= 0.6 is 0 Å². The lowest BCUT2D eigenvalue weighted by atomic mass is 9.95. The van der Waals surface area contributed by atoms with Gasteiger partial charge in [-0.2, -0.15) is 0 Å². The molecule has 0 N–H and O–H groups in total. The number of hydrogen-bond donors (Lipinski definition) is 0. The second-order valence-corrected chi connectivity index (χ2v) is 6.56. The Balaban J connectivity index is 1.70. The lowest BCUT2D eigenvalue weighted by molar-refractivity contribution is -0.137. The SMILES string of the molecule is CCCCCN1CCC(C(=O)N2CCCCCC2)CC1. The number of nitrogens with zero attached hydrogens (tertiary/aromatic N) is 2. The molecule has 1 amide bonds. The Morgan fingerprint density at radius 2 is 1.60 bits per heavy atom. The summed E-state index contributed by atoms with van der Waals surface area (Å²) in [7, 11) is 0. The smallest absolute Gasteiger partial charge is 0.225 e. The zero-order chi connectivity index (χ0) is 14.2. The normalized spacial score (nSPS) is 22.8. The Morgan fingerprint density at radius 3 is 2.20 bits per heavy atom. The van der Waals surface area contributed by atoms with Crippen LogP contribution in [0.15, 0.2) is 0 Å². The van der Waals surface area contributed by atoms with Crippen LogP contribution in [0, 0.1) is 5.92 Å². The van der Waals surface area contributed by atoms with Crippen LogP contribution < -0.4 is 0 Å². The molecule has 0 spiro atoms. The molecule has 116 valence electrons. The Morgan fingerprint density at radius 1 is 0.950 bits per heavy atom. The van der Waals surface area contributed by atoms with Gasteiger partial charge in [-0.15, -0.1) is 0 Å². The van der Waals surface area contributed by atoms with Gasteiger partial charge in [0.2, 0.25) is 5.91 Å². The Bertz CT molecular complexity index is 277. The van der Waals surface area contributed by atoms with E-state index in [1.807, 2.05) is 0 Å². The van der Waals surface area contributed by atoms with Gasteiger partial charge in [0.1, 0.15) is 0 Å². The number of carbonyl (C=O) groups excluding carboxylic acids is 1. The van der Waals surface area contributed by atoms with Gasteiger partial charge < -0.3 is 9.80 Å². The van der Waals surface area contributed by atoms with E-state index in [1.165, 1.54) is 51.5 Å². The highest BCUT2D eigenvalue weighted by Crippen LogP contribution is 2.22. The summed E-state index contributed by atoms with van der Waals surface area (Å²) < 4.78 is 0. The molecule has 0 aromatic rings. The van der Waals surface area contributed by atoms with Gasteiger partial charge in [-0.1, -0.05) is 32.6 Å². The van der Waals surface area contributed by atoms with Crippen LogP contribution in [0.4, 0.5) is 0 Å². The minimum atomic E-state index is 0.315. The first kappa shape index (κ1) is 15.8. The van der Waals surface area contributed by atoms with Crippen molar-refractivity contribution in [1.29, 1.82) is 0 Å². The van der Waals surface area contributed by atoms with Crippen LogP contribution in [0.25, 0.3) is 0 Å². The zero-order valence-electron chi connectivity index (χ0n) is 13.3. The van der Waals surface area contributed by atoms with E-state index in [2.05, 4.69) is 16.7 Å². The minimum Gasteiger partial charge on any atom is -0.342 e. The van der Waals surface area contributed by atoms with Gasteiger partial charge >= 0.3 is 0 Å². The van der Waals surface area contributed by atoms with Crippen molar-refractivity contribution in [3.05, 3.63) is 0 Å². The van der Waals surface area contributed by atoms with E-state index in [0.717, 1.165) is 39.0 Å². The molecule has 2 aliphatic rings. The third-order valence-corrected chi connectivity index (χ3v) is 4.93. The Labute approximate surface area is 124 Å². The first-order valence-corrected chi connectivity index (χ1v) is 8.82. The molecular formula is C17H32N2O. The van der Waals surface area contributed by atoms with Crippen molar-refractivity contribution in [2.45, 2.75) is 64.7 Å². The predicted molar refractivity (Wildman–Crippen MR) is 83.7 cm³/mol. The average Bonchev–Trinajstić information content (AvgIpc) is 2.77. The minimum absolute atomic E-state index is 0.315. The van der Waals surface area contributed by atoms with Crippen molar-refractivity contribution in [2.24, 2.45) is 5.92 Å². The second-order valence-electron chi connectivity index (χ2n) is 6.56. The third kappa shape index (κ3) is 4.76. The summed E-state index contributed by atoms with van der Waals surface area (Å²) in [6.45, 7) is 7.78. The van der Waals surface area contributed by atoms with Crippen LogP contribution in [0.3, 0.4) is 0 Å². The lowest BCUT2D eigenvalue weighted by Gasteiger charge is -2.34. The van der Waals surface area contributed by atoms with Crippen LogP contribution in [0.1, 0.15) is 64.7 Å². The summed E-state index contributed by atoms with van der Waals surface area (Å²) in [5.41, 5.74) is 0. The van der Waals surface area contributed by atoms with Crippen LogP contribution in [0.5, 0.6) is 0 Å². The maximum Gasteiger partial charge on any atom is 0.225 e. The standard InChI is InChI=1S/C17H32N2O/c1-2-3-6-11-18-14-9-16(10-15-18)17(20)19-12-7-4-5-8-13-19/h16H,2-15H2,1H3. The van der Waals surface area contributed by atoms with Crippen molar-refractivity contribution < 1.29 is 4.79 Å². The van der Waals surface area contributed by atoms with Gasteiger partial charge in [0.15, 0.2) is 0 Å². The molecule has 2 rings (SSSR count). The number of likely N-dealkylation sites (tertiary alicyclic amines) is 2. The monoisotopic (exact) mass is 280 g/mol. The van der Waals surface area contributed by atoms with E-state index in [1.54, 1.807) is 0 Å². The van der Waals surface area contributed by atoms with Gasteiger partial charge in [-0.25, -0.2) is 0 Å². The molecule has 0 unspecified atom stereocenters. The van der Waals surface area contributed by atoms with Crippen molar-refractivity contribution in [2.75, 3.05) is 32.7 Å². The first-order valence-electron chi connectivity index (χ1n) is 8.82. The van der Waals surface area contributed by atoms with Crippen molar-refractivity contribution in [1.82, 2.24) is 9.80 Å². The molecule has 0 aromatic carbocycles. The number of hydrogen-bond acceptors (Lipinski definition) is 2. The van der Waals surface area contributed by atoms with E-state index in [9.17, 15) is 4.79 Å². The average molecular weight is 280 g/mol. The molecule has 2 saturated heterocycles. The number of amides is 1. The molecule has 0 saturated carbocycles. The third-order valence-electron chi connectivity index (χ3n) is 4.93. The molecule has 2 fully saturated rings. The van der Waals surface area contributed by atoms with Crippen LogP contribution in [-0.2, 0) is 4.79 Å². The van der Waals surface area contributed by atoms with Crippen molar-refractivity contribution in [3.8, 4) is 0 Å². The molecule has 3 nitrogen and oxygen atoms in total. The summed E-state index contributed by atoms with van der Waals surface area (Å²) in [5, 5.41) is 0. The zero-order valence-corrected chi connectivity index (χ0v) is 13.3. The summed E-state index contributed by atoms with van der Waals surface area (Å²) in [6, 6.07) is 0. The topological polar surface area (TPSA) is 23.6 Å². The maximum absolute atomic E-state index is 12.6. The highest BCUT2D eigenvalue weighted by atomic mass is 16.2. The number of rotatable bonds is 5. The summed E-state index contributed by atoms with van der Waals surface area (Å²) in [4.78, 5) is 17.3. The molecule has 2 heterocycles. The summed E-state index contributed by atoms with van der Waals surface area (Å²) in [6.07, 6.45) is 11.2. The van der Waals surface area contributed by atoms with Gasteiger partial charge in [-0.3, -0.25) is 4.79 Å². The van der Waals surface area contributed by atoms with Gasteiger partial charge in [0, 0.05) is 19.0 Å². The summed E-state index contributed by atoms with van der Waals surface area (Å²) in [5.74, 6) is 0.774. The summed E-state index contributed by atoms with van der Waals surface area (Å²) >= 11 is 0. The van der Waals surface area contributed by atoms with Gasteiger partial charge in [-0.05, 0) is 51.7 Å². The predicted octanol–water partition coefficient (Wildman–Crippen LogP) is 3.29. The fourth-order valence-corrected chi connectivity index (χ4v) is 3.54. The van der Waals surface area contributed by atoms with E-state index < -0.39 is 0 Å². The molecule has 3 heteroatoms. The highest BCUT2D eigenvalue weighted by molar-refractivity contribution is 5.79. The number of carbonyl (C=O) groups is 1. The largest absolute Gasteiger partial charge is 0.342 e. The fraction of sp³-hybridized carbons (Fsp3) is 0.941. The van der Waals surface area contributed by atoms with Gasteiger partial charge in [0.05, 0.1) is 0 Å². The molecule has 0 bridgehead atoms. The van der Waals surface area contributed by atoms with Crippen LogP contribution in [0.2, 0.25) is 0 Å². The van der Waals surface area contributed by atoms with E-state index >= 15 is 0 Å². The fourth-order valence-electron chi connectivity index (χ4n) is 3.54. The second kappa shape index (κ2) is 8.66. The molecule has 0 aromatic heterocycles. The first-order chi connectivity index (χ1) is 9.81. The number of unbranched alkanes of at least 4 members (excludes halogenated alkanes) is 2. The van der Waals surface area contributed by atoms with Crippen molar-refractivity contribution >= 4 is 5.91 Å². The quantitative estimate of drug-likeness (QED) is 0.722. The van der Waals surface area contributed by atoms with E-state index in [4.69, 9.17) is 0 Å². The van der Waals surface area contributed by atoms with Gasteiger partial charge in [0.25, 0.3) is 0 Å². The molecule has 0 aliphatic carbocycles. The van der Waals surface area contributed by atoms with Crippen molar-refractivity contribution in [3.63, 3.8) is 0 Å². The van der Waals surface area contributed by atoms with E-state index in [0.29, 0.717) is 11.8 Å². The molecule has 2 aliphatic heterocycles. The molecule has 20 heavy (non-hydrogen) atoms.